The Morgan fingerprint density at radius 3 is 2.47 bits per heavy atom. The van der Waals surface area contributed by atoms with Gasteiger partial charge in [0.15, 0.2) is 0 Å². The molecule has 1 rings (SSSR count). The van der Waals surface area contributed by atoms with Gasteiger partial charge in [-0.05, 0) is 30.2 Å². The summed E-state index contributed by atoms with van der Waals surface area (Å²) >= 11 is 5.25. The third-order valence-electron chi connectivity index (χ3n) is 1.95. The molecule has 82 valence electrons. The number of benzene rings is 1. The van der Waals surface area contributed by atoms with E-state index in [1.54, 1.807) is 19.2 Å². The van der Waals surface area contributed by atoms with Gasteiger partial charge < -0.3 is 14.8 Å². The van der Waals surface area contributed by atoms with Crippen LogP contribution in [0.5, 0.6) is 11.5 Å². The van der Waals surface area contributed by atoms with Crippen LogP contribution >= 0.6 is 11.6 Å². The van der Waals surface area contributed by atoms with Crippen LogP contribution in [0.3, 0.4) is 0 Å². The van der Waals surface area contributed by atoms with Gasteiger partial charge in [-0.1, -0.05) is 0 Å². The highest BCUT2D eigenvalue weighted by molar-refractivity contribution is 6.65. The summed E-state index contributed by atoms with van der Waals surface area (Å²) in [5.74, 6) is 1.18. The standard InChI is InChI=1S/C10H12ClNO3/c1-6-4-7(14-2)5-8(15-3)9(6)12-10(11)13/h4-5H,1-3H3,(H,12,13). The molecule has 0 radical (unpaired) electrons. The molecule has 0 aliphatic heterocycles. The zero-order valence-electron chi connectivity index (χ0n) is 8.76. The molecular weight excluding hydrogens is 218 g/mol. The Morgan fingerprint density at radius 1 is 1.33 bits per heavy atom. The van der Waals surface area contributed by atoms with Crippen molar-refractivity contribution in [3.05, 3.63) is 17.7 Å². The van der Waals surface area contributed by atoms with Gasteiger partial charge in [0.1, 0.15) is 11.5 Å². The van der Waals surface area contributed by atoms with Gasteiger partial charge in [0.25, 0.3) is 0 Å². The number of aryl methyl sites for hydroxylation is 1. The summed E-state index contributed by atoms with van der Waals surface area (Å²) in [5, 5.41) is 1.84. The fourth-order valence-electron chi connectivity index (χ4n) is 1.26. The van der Waals surface area contributed by atoms with Crippen LogP contribution in [0, 0.1) is 6.92 Å². The van der Waals surface area contributed by atoms with Gasteiger partial charge in [-0.25, -0.2) is 0 Å². The maximum absolute atomic E-state index is 10.8. The lowest BCUT2D eigenvalue weighted by Gasteiger charge is -2.13. The van der Waals surface area contributed by atoms with Crippen LogP contribution in [0.15, 0.2) is 12.1 Å². The van der Waals surface area contributed by atoms with Crippen molar-refractivity contribution in [2.45, 2.75) is 6.92 Å². The number of hydrogen-bond donors (Lipinski definition) is 1. The lowest BCUT2D eigenvalue weighted by molar-refractivity contribution is 0.268. The Kier molecular flexibility index (Phi) is 3.80. The van der Waals surface area contributed by atoms with Crippen molar-refractivity contribution in [1.29, 1.82) is 0 Å². The first-order valence-electron chi connectivity index (χ1n) is 4.27. The maximum Gasteiger partial charge on any atom is 0.318 e. The zero-order valence-corrected chi connectivity index (χ0v) is 9.51. The van der Waals surface area contributed by atoms with E-state index in [-0.39, 0.29) is 0 Å². The van der Waals surface area contributed by atoms with Crippen LogP contribution in [0.4, 0.5) is 10.5 Å². The van der Waals surface area contributed by atoms with E-state index in [0.717, 1.165) is 5.56 Å². The van der Waals surface area contributed by atoms with E-state index in [4.69, 9.17) is 21.1 Å². The predicted molar refractivity (Wildman–Crippen MR) is 59.2 cm³/mol. The summed E-state index contributed by atoms with van der Waals surface area (Å²) in [6.07, 6.45) is 0. The third kappa shape index (κ3) is 2.76. The minimum Gasteiger partial charge on any atom is -0.497 e. The Hall–Kier alpha value is -1.42. The van der Waals surface area contributed by atoms with Crippen LogP contribution in [-0.4, -0.2) is 19.6 Å². The Labute approximate surface area is 93.1 Å². The molecule has 5 heteroatoms. The molecule has 1 amide bonds. The highest BCUT2D eigenvalue weighted by Gasteiger charge is 2.10. The topological polar surface area (TPSA) is 47.6 Å². The zero-order chi connectivity index (χ0) is 11.4. The number of hydrogen-bond acceptors (Lipinski definition) is 3. The lowest BCUT2D eigenvalue weighted by Crippen LogP contribution is -2.05. The fraction of sp³-hybridized carbons (Fsp3) is 0.300. The molecule has 0 atom stereocenters. The molecule has 1 aromatic carbocycles. The second-order valence-corrected chi connectivity index (χ2v) is 3.26. The summed E-state index contributed by atoms with van der Waals surface area (Å²) in [4.78, 5) is 10.8. The molecule has 0 bridgehead atoms. The second-order valence-electron chi connectivity index (χ2n) is 2.92. The number of nitrogens with one attached hydrogen (secondary N) is 1. The number of ether oxygens (including phenoxy) is 2. The molecule has 0 aliphatic carbocycles. The molecule has 1 aromatic rings. The molecule has 0 saturated heterocycles. The quantitative estimate of drug-likeness (QED) is 0.641. The number of methoxy groups -OCH3 is 2. The van der Waals surface area contributed by atoms with E-state index in [1.165, 1.54) is 7.11 Å². The Morgan fingerprint density at radius 2 is 2.00 bits per heavy atom. The minimum absolute atomic E-state index is 0.515. The number of anilines is 1. The van der Waals surface area contributed by atoms with Gasteiger partial charge in [-0.3, -0.25) is 4.79 Å². The smallest absolute Gasteiger partial charge is 0.318 e. The Balaban J connectivity index is 3.18. The second kappa shape index (κ2) is 4.89. The van der Waals surface area contributed by atoms with E-state index in [9.17, 15) is 4.79 Å². The first-order valence-corrected chi connectivity index (χ1v) is 4.65. The predicted octanol–water partition coefficient (Wildman–Crippen LogP) is 2.78. The average molecular weight is 230 g/mol. The maximum atomic E-state index is 10.8. The van der Waals surface area contributed by atoms with Crippen LogP contribution in [0.25, 0.3) is 0 Å². The number of rotatable bonds is 3. The molecule has 0 saturated carbocycles. The van der Waals surface area contributed by atoms with E-state index < -0.39 is 5.37 Å². The van der Waals surface area contributed by atoms with Crippen molar-refractivity contribution < 1.29 is 14.3 Å². The van der Waals surface area contributed by atoms with Gasteiger partial charge >= 0.3 is 5.37 Å². The monoisotopic (exact) mass is 229 g/mol. The van der Waals surface area contributed by atoms with Crippen LogP contribution in [-0.2, 0) is 0 Å². The first kappa shape index (κ1) is 11.7. The van der Waals surface area contributed by atoms with Crippen molar-refractivity contribution in [3.8, 4) is 11.5 Å². The van der Waals surface area contributed by atoms with Gasteiger partial charge in [0, 0.05) is 6.07 Å². The molecule has 0 aliphatic rings. The molecule has 4 nitrogen and oxygen atoms in total. The van der Waals surface area contributed by atoms with Crippen LogP contribution < -0.4 is 14.8 Å². The number of carbonyl (C=O) groups is 1. The van der Waals surface area contributed by atoms with Gasteiger partial charge in [0.05, 0.1) is 19.9 Å². The third-order valence-corrected chi connectivity index (χ3v) is 2.05. The highest BCUT2D eigenvalue weighted by Crippen LogP contribution is 2.33. The highest BCUT2D eigenvalue weighted by atomic mass is 35.5. The average Bonchev–Trinajstić information content (AvgIpc) is 2.20. The molecular formula is C10H12ClNO3. The number of carbonyl (C=O) groups excluding carboxylic acids is 1. The summed E-state index contributed by atoms with van der Waals surface area (Å²) in [6.45, 7) is 1.83. The molecule has 0 unspecified atom stereocenters. The van der Waals surface area contributed by atoms with Crippen molar-refractivity contribution in [1.82, 2.24) is 0 Å². The normalized spacial score (nSPS) is 9.60. The number of halogens is 1. The fourth-order valence-corrected chi connectivity index (χ4v) is 1.35. The SMILES string of the molecule is COc1cc(C)c(NC(=O)Cl)c(OC)c1. The number of amides is 1. The van der Waals surface area contributed by atoms with E-state index in [2.05, 4.69) is 5.32 Å². The lowest BCUT2D eigenvalue weighted by atomic mass is 10.1. The van der Waals surface area contributed by atoms with Crippen LogP contribution in [0.2, 0.25) is 0 Å². The van der Waals surface area contributed by atoms with Crippen molar-refractivity contribution in [2.75, 3.05) is 19.5 Å². The molecule has 0 spiro atoms. The summed E-state index contributed by atoms with van der Waals surface area (Å²) in [7, 11) is 3.08. The molecule has 0 heterocycles. The summed E-state index contributed by atoms with van der Waals surface area (Å²) < 4.78 is 10.2. The Bertz CT molecular complexity index is 379. The van der Waals surface area contributed by atoms with Crippen LogP contribution in [0.1, 0.15) is 5.56 Å². The molecule has 0 fully saturated rings. The van der Waals surface area contributed by atoms with Crippen molar-refractivity contribution >= 4 is 22.7 Å². The molecule has 15 heavy (non-hydrogen) atoms. The minimum atomic E-state index is -0.651. The van der Waals surface area contributed by atoms with E-state index in [1.807, 2.05) is 6.92 Å². The van der Waals surface area contributed by atoms with E-state index >= 15 is 0 Å². The van der Waals surface area contributed by atoms with Gasteiger partial charge in [0.2, 0.25) is 0 Å². The van der Waals surface area contributed by atoms with Crippen molar-refractivity contribution in [3.63, 3.8) is 0 Å². The van der Waals surface area contributed by atoms with Gasteiger partial charge in [-0.15, -0.1) is 0 Å². The molecule has 0 aromatic heterocycles. The molecule has 1 N–H and O–H groups in total. The summed E-state index contributed by atoms with van der Waals surface area (Å²) in [5.41, 5.74) is 1.37. The summed E-state index contributed by atoms with van der Waals surface area (Å²) in [6, 6.07) is 3.46. The van der Waals surface area contributed by atoms with E-state index in [0.29, 0.717) is 17.2 Å². The van der Waals surface area contributed by atoms with Gasteiger partial charge in [-0.2, -0.15) is 0 Å². The largest absolute Gasteiger partial charge is 0.497 e. The first-order chi connectivity index (χ1) is 7.08. The van der Waals surface area contributed by atoms with Crippen molar-refractivity contribution in [2.24, 2.45) is 0 Å².